The number of benzene rings is 2. The van der Waals surface area contributed by atoms with Gasteiger partial charge in [-0.05, 0) is 30.2 Å². The fraction of sp³-hybridized carbons (Fsp3) is 0.238. The maximum atomic E-state index is 3.74. The summed E-state index contributed by atoms with van der Waals surface area (Å²) in [5.41, 5.74) is 4.09. The molecule has 0 bridgehead atoms. The van der Waals surface area contributed by atoms with Gasteiger partial charge in [0.1, 0.15) is 0 Å². The van der Waals surface area contributed by atoms with Gasteiger partial charge in [0.15, 0.2) is 0 Å². The Hall–Kier alpha value is -2.13. The molecule has 1 N–H and O–H groups in total. The molecule has 3 heteroatoms. The molecule has 3 atom stereocenters. The third kappa shape index (κ3) is 2.27. The van der Waals surface area contributed by atoms with Gasteiger partial charge in [-0.25, -0.2) is 0 Å². The lowest BCUT2D eigenvalue weighted by molar-refractivity contribution is 0.575. The van der Waals surface area contributed by atoms with Crippen LogP contribution in [0.1, 0.15) is 18.0 Å². The Morgan fingerprint density at radius 1 is 0.958 bits per heavy atom. The van der Waals surface area contributed by atoms with Crippen molar-refractivity contribution in [2.24, 2.45) is 0 Å². The molecule has 3 unspecified atom stereocenters. The van der Waals surface area contributed by atoms with Crippen LogP contribution in [0.2, 0.25) is 0 Å². The van der Waals surface area contributed by atoms with E-state index in [1.165, 1.54) is 21.8 Å². The van der Waals surface area contributed by atoms with E-state index in [2.05, 4.69) is 83.1 Å². The first-order chi connectivity index (χ1) is 11.9. The average molecular weight is 332 g/mol. The van der Waals surface area contributed by atoms with Crippen molar-refractivity contribution >= 4 is 23.1 Å². The molecule has 0 saturated carbocycles. The SMILES string of the molecule is C1=CC2Sc3cccc4c3N(CCC4Nc3ccccc3)C2C=C1. The minimum absolute atomic E-state index is 0.388. The molecule has 5 rings (SSSR count). The number of hydrogen-bond donors (Lipinski definition) is 1. The van der Waals surface area contributed by atoms with Crippen molar-refractivity contribution in [3.63, 3.8) is 0 Å². The molecular weight excluding hydrogens is 312 g/mol. The Balaban J connectivity index is 1.54. The average Bonchev–Trinajstić information content (AvgIpc) is 2.64. The van der Waals surface area contributed by atoms with Crippen molar-refractivity contribution in [2.75, 3.05) is 16.8 Å². The summed E-state index contributed by atoms with van der Waals surface area (Å²) < 4.78 is 0. The van der Waals surface area contributed by atoms with Crippen molar-refractivity contribution < 1.29 is 0 Å². The lowest BCUT2D eigenvalue weighted by Crippen LogP contribution is -2.47. The molecule has 24 heavy (non-hydrogen) atoms. The molecule has 2 aromatic rings. The van der Waals surface area contributed by atoms with Crippen molar-refractivity contribution in [3.05, 3.63) is 78.4 Å². The van der Waals surface area contributed by atoms with Crippen molar-refractivity contribution in [2.45, 2.75) is 28.6 Å². The summed E-state index contributed by atoms with van der Waals surface area (Å²) in [7, 11) is 0. The molecule has 3 aliphatic rings. The van der Waals surface area contributed by atoms with Crippen LogP contribution in [-0.4, -0.2) is 17.8 Å². The number of nitrogens with one attached hydrogen (secondary N) is 1. The van der Waals surface area contributed by atoms with Crippen LogP contribution in [0.3, 0.4) is 0 Å². The molecule has 2 heterocycles. The van der Waals surface area contributed by atoms with Crippen LogP contribution in [0.25, 0.3) is 0 Å². The van der Waals surface area contributed by atoms with Gasteiger partial charge in [0, 0.05) is 17.1 Å². The topological polar surface area (TPSA) is 15.3 Å². The first-order valence-corrected chi connectivity index (χ1v) is 9.51. The van der Waals surface area contributed by atoms with E-state index in [1.54, 1.807) is 0 Å². The number of thioether (sulfide) groups is 1. The number of anilines is 2. The summed E-state index contributed by atoms with van der Waals surface area (Å²) in [6, 6.07) is 18.2. The summed E-state index contributed by atoms with van der Waals surface area (Å²) in [5, 5.41) is 4.28. The zero-order chi connectivity index (χ0) is 15.9. The second-order valence-corrected chi connectivity index (χ2v) is 7.80. The molecular formula is C21H20N2S. The molecule has 0 saturated heterocycles. The van der Waals surface area contributed by atoms with Gasteiger partial charge in [0.05, 0.1) is 23.0 Å². The first kappa shape index (κ1) is 14.2. The molecule has 2 nitrogen and oxygen atoms in total. The third-order valence-electron chi connectivity index (χ3n) is 5.15. The lowest BCUT2D eigenvalue weighted by Gasteiger charge is -2.47. The van der Waals surface area contributed by atoms with E-state index < -0.39 is 0 Å². The van der Waals surface area contributed by atoms with Crippen molar-refractivity contribution in [1.82, 2.24) is 0 Å². The second kappa shape index (κ2) is 5.75. The van der Waals surface area contributed by atoms with E-state index in [0.717, 1.165) is 13.0 Å². The van der Waals surface area contributed by atoms with Crippen LogP contribution in [0, 0.1) is 0 Å². The minimum atomic E-state index is 0.388. The maximum absolute atomic E-state index is 3.74. The smallest absolute Gasteiger partial charge is 0.0634 e. The Bertz CT molecular complexity index is 812. The number of fused-ring (bicyclic) bond motifs is 2. The van der Waals surface area contributed by atoms with Crippen LogP contribution in [0.5, 0.6) is 0 Å². The molecule has 120 valence electrons. The first-order valence-electron chi connectivity index (χ1n) is 8.63. The molecule has 0 radical (unpaired) electrons. The zero-order valence-corrected chi connectivity index (χ0v) is 14.2. The molecule has 2 aromatic carbocycles. The quantitative estimate of drug-likeness (QED) is 0.831. The number of allylic oxidation sites excluding steroid dienone is 2. The summed E-state index contributed by atoms with van der Waals surface area (Å²) in [5.74, 6) is 0. The van der Waals surface area contributed by atoms with Crippen LogP contribution in [0.4, 0.5) is 11.4 Å². The summed E-state index contributed by atoms with van der Waals surface area (Å²) in [6.07, 6.45) is 10.2. The van der Waals surface area contributed by atoms with Crippen LogP contribution in [0.15, 0.2) is 77.7 Å². The molecule has 2 aliphatic heterocycles. The van der Waals surface area contributed by atoms with Crippen LogP contribution in [-0.2, 0) is 0 Å². The van der Waals surface area contributed by atoms with E-state index >= 15 is 0 Å². The lowest BCUT2D eigenvalue weighted by atomic mass is 9.92. The highest BCUT2D eigenvalue weighted by Crippen LogP contribution is 2.49. The largest absolute Gasteiger partial charge is 0.378 e. The summed E-state index contributed by atoms with van der Waals surface area (Å²) >= 11 is 2.01. The third-order valence-corrected chi connectivity index (χ3v) is 6.44. The summed E-state index contributed by atoms with van der Waals surface area (Å²) in [6.45, 7) is 1.11. The van der Waals surface area contributed by atoms with E-state index in [9.17, 15) is 0 Å². The highest BCUT2D eigenvalue weighted by Gasteiger charge is 2.38. The Kier molecular flexibility index (Phi) is 3.41. The van der Waals surface area contributed by atoms with Gasteiger partial charge in [-0.15, -0.1) is 11.8 Å². The molecule has 1 aliphatic carbocycles. The second-order valence-electron chi connectivity index (χ2n) is 6.58. The highest BCUT2D eigenvalue weighted by atomic mass is 32.2. The number of rotatable bonds is 2. The summed E-state index contributed by atoms with van der Waals surface area (Å²) in [4.78, 5) is 4.04. The van der Waals surface area contributed by atoms with Gasteiger partial charge in [0.25, 0.3) is 0 Å². The Labute approximate surface area is 147 Å². The van der Waals surface area contributed by atoms with Crippen molar-refractivity contribution in [1.29, 1.82) is 0 Å². The minimum Gasteiger partial charge on any atom is -0.378 e. The standard InChI is InChI=1S/C21H20N2S/c1-2-7-15(8-3-1)22-17-13-14-23-18-10-4-5-11-19(18)24-20-12-6-9-16(17)21(20)23/h1-12,17-19,22H,13-14H2. The van der Waals surface area contributed by atoms with E-state index in [-0.39, 0.29) is 0 Å². The fourth-order valence-corrected chi connectivity index (χ4v) is 5.40. The zero-order valence-electron chi connectivity index (χ0n) is 13.4. The Morgan fingerprint density at radius 2 is 1.83 bits per heavy atom. The van der Waals surface area contributed by atoms with Gasteiger partial charge in [0.2, 0.25) is 0 Å². The van der Waals surface area contributed by atoms with Gasteiger partial charge in [-0.3, -0.25) is 0 Å². The molecule has 0 aromatic heterocycles. The van der Waals surface area contributed by atoms with Gasteiger partial charge < -0.3 is 10.2 Å². The van der Waals surface area contributed by atoms with Gasteiger partial charge >= 0.3 is 0 Å². The predicted octanol–water partition coefficient (Wildman–Crippen LogP) is 5.02. The van der Waals surface area contributed by atoms with Crippen LogP contribution < -0.4 is 10.2 Å². The number of para-hydroxylation sites is 2. The van der Waals surface area contributed by atoms with Gasteiger partial charge in [-0.1, -0.05) is 54.6 Å². The predicted molar refractivity (Wildman–Crippen MR) is 103 cm³/mol. The molecule has 0 amide bonds. The number of hydrogen-bond acceptors (Lipinski definition) is 3. The molecule has 0 fully saturated rings. The van der Waals surface area contributed by atoms with E-state index in [0.29, 0.717) is 17.3 Å². The van der Waals surface area contributed by atoms with E-state index in [1.807, 2.05) is 11.8 Å². The fourth-order valence-electron chi connectivity index (χ4n) is 4.05. The highest BCUT2D eigenvalue weighted by molar-refractivity contribution is 8.00. The normalized spacial score (nSPS) is 26.7. The van der Waals surface area contributed by atoms with Gasteiger partial charge in [-0.2, -0.15) is 0 Å². The van der Waals surface area contributed by atoms with Crippen LogP contribution >= 0.6 is 11.8 Å². The molecule has 0 spiro atoms. The number of nitrogens with zero attached hydrogens (tertiary/aromatic N) is 1. The van der Waals surface area contributed by atoms with E-state index in [4.69, 9.17) is 0 Å². The maximum Gasteiger partial charge on any atom is 0.0634 e. The van der Waals surface area contributed by atoms with Crippen molar-refractivity contribution in [3.8, 4) is 0 Å². The Morgan fingerprint density at radius 3 is 2.75 bits per heavy atom. The monoisotopic (exact) mass is 332 g/mol.